The quantitative estimate of drug-likeness (QED) is 0.0406. The van der Waals surface area contributed by atoms with Crippen LogP contribution >= 0.6 is 34.2 Å². The third-order valence-corrected chi connectivity index (χ3v) is 14.1. The van der Waals surface area contributed by atoms with E-state index in [0.29, 0.717) is 23.7 Å². The van der Waals surface area contributed by atoms with E-state index in [-0.39, 0.29) is 5.97 Å². The lowest BCUT2D eigenvalue weighted by molar-refractivity contribution is 0.0589. The van der Waals surface area contributed by atoms with Crippen LogP contribution in [0.15, 0.2) is 72.8 Å². The molecule has 45 heavy (non-hydrogen) atoms. The first-order valence-electron chi connectivity index (χ1n) is 15.5. The van der Waals surface area contributed by atoms with Crippen LogP contribution in [0.25, 0.3) is 22.0 Å². The van der Waals surface area contributed by atoms with Gasteiger partial charge in [-0.2, -0.15) is 5.10 Å². The second-order valence-electron chi connectivity index (χ2n) is 11.5. The molecule has 0 fully saturated rings. The monoisotopic (exact) mass is 753 g/mol. The zero-order chi connectivity index (χ0) is 32.1. The summed E-state index contributed by atoms with van der Waals surface area (Å²) in [6, 6.07) is 26.5. The molecule has 0 bridgehead atoms. The number of rotatable bonds is 13. The number of carbonyl (C=O) groups is 1. The number of fused-ring (bicyclic) bond motifs is 1. The summed E-state index contributed by atoms with van der Waals surface area (Å²) in [6.07, 6.45) is 3.63. The molecule has 5 aromatic rings. The summed E-state index contributed by atoms with van der Waals surface area (Å²) in [4.78, 5) is 13.3. The van der Waals surface area contributed by atoms with Gasteiger partial charge >= 0.3 is 5.97 Å². The molecule has 0 amide bonds. The molecule has 0 radical (unpaired) electrons. The van der Waals surface area contributed by atoms with Crippen molar-refractivity contribution in [1.29, 1.82) is 0 Å². The van der Waals surface area contributed by atoms with E-state index in [9.17, 15) is 4.79 Å². The number of hydrogen-bond donors (Lipinski definition) is 0. The zero-order valence-corrected chi connectivity index (χ0v) is 30.6. The molecule has 236 valence electrons. The van der Waals surface area contributed by atoms with Gasteiger partial charge in [-0.15, -0.1) is 0 Å². The van der Waals surface area contributed by atoms with E-state index in [1.165, 1.54) is 17.5 Å². The van der Waals surface area contributed by atoms with Crippen LogP contribution in [0.1, 0.15) is 53.6 Å². The number of esters is 1. The maximum absolute atomic E-state index is 13.3. The molecule has 0 saturated heterocycles. The summed E-state index contributed by atoms with van der Waals surface area (Å²) in [7, 11) is 2.83. The fraction of sp³-hybridized carbons (Fsp3) is 0.333. The Labute approximate surface area is 286 Å². The van der Waals surface area contributed by atoms with Crippen LogP contribution in [0.3, 0.4) is 0 Å². The van der Waals surface area contributed by atoms with Gasteiger partial charge < -0.3 is 13.7 Å². The van der Waals surface area contributed by atoms with Crippen LogP contribution in [-0.4, -0.2) is 42.4 Å². The lowest BCUT2D eigenvalue weighted by atomic mass is 9.98. The van der Waals surface area contributed by atoms with Crippen LogP contribution < -0.4 is 10.4 Å². The fourth-order valence-corrected chi connectivity index (χ4v) is 12.0. The molecule has 5 rings (SSSR count). The molecule has 2 heterocycles. The number of hydrogen-bond acceptors (Lipinski definition) is 4. The molecule has 0 saturated carbocycles. The maximum Gasteiger partial charge on any atom is 0.354 e. The number of ether oxygens (including phenoxy) is 1. The molecule has 2 aromatic heterocycles. The van der Waals surface area contributed by atoms with Crippen molar-refractivity contribution in [3.05, 3.63) is 100 Å². The fourth-order valence-electron chi connectivity index (χ4n) is 6.66. The highest BCUT2D eigenvalue weighted by Gasteiger charge is 2.39. The van der Waals surface area contributed by atoms with Gasteiger partial charge in [0, 0.05) is 41.6 Å². The normalized spacial score (nSPS) is 11.8. The summed E-state index contributed by atoms with van der Waals surface area (Å²) in [6.45, 7) is 4.83. The Morgan fingerprint density at radius 3 is 2.18 bits per heavy atom. The first-order valence-corrected chi connectivity index (χ1v) is 19.5. The van der Waals surface area contributed by atoms with Crippen LogP contribution in [0.2, 0.25) is 11.1 Å². The van der Waals surface area contributed by atoms with Crippen molar-refractivity contribution in [1.82, 2.24) is 14.3 Å². The van der Waals surface area contributed by atoms with Gasteiger partial charge in [0.1, 0.15) is 5.69 Å². The second-order valence-corrected chi connectivity index (χ2v) is 16.2. The molecule has 0 spiro atoms. The molecular weight excluding hydrogens is 713 g/mol. The smallest absolute Gasteiger partial charge is 0.354 e. The van der Waals surface area contributed by atoms with E-state index in [1.54, 1.807) is 0 Å². The lowest BCUT2D eigenvalue weighted by Crippen LogP contribution is -2.60. The topological polar surface area (TPSA) is 58.3 Å². The number of aryl methyl sites for hydroxylation is 4. The largest absolute Gasteiger partial charge is 0.464 e. The first-order chi connectivity index (χ1) is 21.8. The van der Waals surface area contributed by atoms with E-state index in [1.807, 2.05) is 42.4 Å². The van der Waals surface area contributed by atoms with Gasteiger partial charge in [-0.25, -0.2) is 4.79 Å². The molecular formula is C36H41ClIN3O3Si. The third kappa shape index (κ3) is 6.39. The molecule has 0 N–H and O–H groups in total. The Bertz CT molecular complexity index is 1750. The Balaban J connectivity index is 1.55. The SMILES string of the molecule is CCCC[Si](OCCCc1c(C(=O)OC)n(C)c2c(-c3c(C)nn(C)c3CI)c(Cl)ccc12)(c1ccccc1)c1ccccc1. The third-order valence-electron chi connectivity index (χ3n) is 8.79. The standard InChI is InChI=1S/C36H41ClIN3O3Si/c1-6-7-23-45(26-15-10-8-11-16-26,27-17-12-9-13-18-27)44-22-14-19-28-29-20-21-30(37)33(32-25(2)39-41(4)31(32)24-38)34(29)40(3)35(28)36(42)43-5/h8-13,15-18,20-21H,6-7,14,19,22-24H2,1-5H3. The minimum atomic E-state index is -2.50. The van der Waals surface area contributed by atoms with Crippen molar-refractivity contribution in [3.63, 3.8) is 0 Å². The predicted molar refractivity (Wildman–Crippen MR) is 196 cm³/mol. The van der Waals surface area contributed by atoms with Crippen LogP contribution in [0.4, 0.5) is 0 Å². The number of aromatic nitrogens is 3. The highest BCUT2D eigenvalue weighted by molar-refractivity contribution is 14.1. The summed E-state index contributed by atoms with van der Waals surface area (Å²) in [5.41, 5.74) is 6.35. The molecule has 0 aliphatic rings. The average Bonchev–Trinajstić information content (AvgIpc) is 3.51. The van der Waals surface area contributed by atoms with Gasteiger partial charge in [0.05, 0.1) is 29.0 Å². The van der Waals surface area contributed by atoms with Crippen molar-refractivity contribution in [2.24, 2.45) is 14.1 Å². The lowest BCUT2D eigenvalue weighted by Gasteiger charge is -2.33. The van der Waals surface area contributed by atoms with E-state index in [0.717, 1.165) is 68.7 Å². The minimum absolute atomic E-state index is 0.357. The highest BCUT2D eigenvalue weighted by atomic mass is 127. The van der Waals surface area contributed by atoms with Gasteiger partial charge in [-0.05, 0) is 47.8 Å². The van der Waals surface area contributed by atoms with Gasteiger partial charge in [0.25, 0.3) is 8.32 Å². The summed E-state index contributed by atoms with van der Waals surface area (Å²) in [5, 5.41) is 8.93. The van der Waals surface area contributed by atoms with Gasteiger partial charge in [-0.1, -0.05) is 121 Å². The number of methoxy groups -OCH3 is 1. The van der Waals surface area contributed by atoms with Crippen molar-refractivity contribution in [3.8, 4) is 11.1 Å². The number of alkyl halides is 1. The van der Waals surface area contributed by atoms with E-state index >= 15 is 0 Å². The Hall–Kier alpha value is -2.92. The van der Waals surface area contributed by atoms with E-state index < -0.39 is 8.32 Å². The van der Waals surface area contributed by atoms with Crippen LogP contribution in [0, 0.1) is 6.92 Å². The Morgan fingerprint density at radius 1 is 0.956 bits per heavy atom. The highest BCUT2D eigenvalue weighted by Crippen LogP contribution is 2.42. The molecule has 0 aliphatic carbocycles. The average molecular weight is 754 g/mol. The molecule has 0 unspecified atom stereocenters. The predicted octanol–water partition coefficient (Wildman–Crippen LogP) is 7.77. The molecule has 3 aromatic carbocycles. The molecule has 6 nitrogen and oxygen atoms in total. The van der Waals surface area contributed by atoms with Gasteiger partial charge in [0.15, 0.2) is 0 Å². The first kappa shape index (κ1) is 33.4. The second kappa shape index (κ2) is 14.7. The summed E-state index contributed by atoms with van der Waals surface area (Å²) < 4.78 is 17.1. The molecule has 9 heteroatoms. The summed E-state index contributed by atoms with van der Waals surface area (Å²) >= 11 is 9.31. The van der Waals surface area contributed by atoms with Gasteiger partial charge in [-0.3, -0.25) is 4.68 Å². The van der Waals surface area contributed by atoms with Crippen molar-refractivity contribution in [2.45, 2.75) is 50.0 Å². The van der Waals surface area contributed by atoms with Crippen molar-refractivity contribution >= 4 is 69.8 Å². The van der Waals surface area contributed by atoms with Crippen molar-refractivity contribution < 1.29 is 14.0 Å². The number of unbranched alkanes of at least 4 members (excludes halogenated alkanes) is 1. The number of carbonyl (C=O) groups excluding carboxylic acids is 1. The number of nitrogens with zero attached hydrogens (tertiary/aromatic N) is 3. The summed E-state index contributed by atoms with van der Waals surface area (Å²) in [5.74, 6) is -0.357. The maximum atomic E-state index is 13.3. The molecule has 0 aliphatic heterocycles. The van der Waals surface area contributed by atoms with Crippen molar-refractivity contribution in [2.75, 3.05) is 13.7 Å². The zero-order valence-electron chi connectivity index (χ0n) is 26.7. The number of benzene rings is 3. The van der Waals surface area contributed by atoms with E-state index in [4.69, 9.17) is 25.9 Å². The Kier molecular flexibility index (Phi) is 10.9. The van der Waals surface area contributed by atoms with E-state index in [2.05, 4.69) is 90.2 Å². The Morgan fingerprint density at radius 2 is 1.60 bits per heavy atom. The minimum Gasteiger partial charge on any atom is -0.464 e. The van der Waals surface area contributed by atoms with Crippen LogP contribution in [-0.2, 0) is 34.1 Å². The number of halogens is 2. The van der Waals surface area contributed by atoms with Gasteiger partial charge in [0.2, 0.25) is 0 Å². The van der Waals surface area contributed by atoms with Crippen LogP contribution in [0.5, 0.6) is 0 Å². The molecule has 0 atom stereocenters.